The molecule has 0 saturated heterocycles. The molecule has 0 bridgehead atoms. The quantitative estimate of drug-likeness (QED) is 0.587. The highest BCUT2D eigenvalue weighted by Gasteiger charge is 2.37. The van der Waals surface area contributed by atoms with Crippen LogP contribution in [-0.4, -0.2) is 21.9 Å². The zero-order valence-electron chi connectivity index (χ0n) is 14.8. The molecule has 0 N–H and O–H groups in total. The van der Waals surface area contributed by atoms with E-state index in [2.05, 4.69) is 34.6 Å². The van der Waals surface area contributed by atoms with E-state index in [1.165, 1.54) is 27.7 Å². The summed E-state index contributed by atoms with van der Waals surface area (Å²) in [5.74, 6) is 0.0954. The Morgan fingerprint density at radius 1 is 1.15 bits per heavy atom. The van der Waals surface area contributed by atoms with Crippen LogP contribution in [0.3, 0.4) is 0 Å². The number of fused-ring (bicyclic) bond motifs is 3. The average Bonchev–Trinajstić information content (AvgIpc) is 2.97. The number of aryl methyl sites for hydroxylation is 2. The lowest BCUT2D eigenvalue weighted by molar-refractivity contribution is 0.0601. The Balaban J connectivity index is 1.62. The molecule has 5 rings (SSSR count). The molecule has 0 spiro atoms. The second-order valence-corrected chi connectivity index (χ2v) is 7.89. The number of aromatic nitrogens is 1. The second-order valence-electron chi connectivity index (χ2n) is 7.45. The summed E-state index contributed by atoms with van der Waals surface area (Å²) in [4.78, 5) is 15.3. The van der Waals surface area contributed by atoms with Gasteiger partial charge in [0.05, 0.1) is 6.04 Å². The first kappa shape index (κ1) is 16.0. The average molecular weight is 365 g/mol. The molecule has 0 fully saturated rings. The maximum absolute atomic E-state index is 13.2. The van der Waals surface area contributed by atoms with Crippen LogP contribution in [0.5, 0.6) is 0 Å². The smallest absolute Gasteiger partial charge is 0.254 e. The molecule has 2 aliphatic rings. The Morgan fingerprint density at radius 3 is 2.88 bits per heavy atom. The van der Waals surface area contributed by atoms with Crippen molar-refractivity contribution in [3.05, 3.63) is 69.9 Å². The number of hydrogen-bond donors (Lipinski definition) is 0. The molecule has 4 heteroatoms. The summed E-state index contributed by atoms with van der Waals surface area (Å²) < 4.78 is 2.45. The Labute approximate surface area is 158 Å². The van der Waals surface area contributed by atoms with Crippen LogP contribution in [0, 0.1) is 6.92 Å². The third kappa shape index (κ3) is 2.30. The first-order chi connectivity index (χ1) is 12.6. The molecule has 1 aromatic heterocycles. The minimum Gasteiger partial charge on any atom is -0.341 e. The van der Waals surface area contributed by atoms with Gasteiger partial charge in [-0.05, 0) is 62.1 Å². The highest BCUT2D eigenvalue weighted by atomic mass is 35.5. The summed E-state index contributed by atoms with van der Waals surface area (Å²) in [5.41, 5.74) is 6.11. The third-order valence-corrected chi connectivity index (χ3v) is 6.10. The summed E-state index contributed by atoms with van der Waals surface area (Å²) in [7, 11) is 0. The van der Waals surface area contributed by atoms with Gasteiger partial charge in [-0.25, -0.2) is 0 Å². The topological polar surface area (TPSA) is 25.2 Å². The molecule has 2 aromatic carbocycles. The first-order valence-corrected chi connectivity index (χ1v) is 9.69. The van der Waals surface area contributed by atoms with Gasteiger partial charge in [0.2, 0.25) is 0 Å². The molecule has 0 radical (unpaired) electrons. The van der Waals surface area contributed by atoms with Crippen LogP contribution >= 0.6 is 11.6 Å². The van der Waals surface area contributed by atoms with Crippen LogP contribution in [0.1, 0.15) is 46.1 Å². The fourth-order valence-electron chi connectivity index (χ4n) is 4.75. The summed E-state index contributed by atoms with van der Waals surface area (Å²) in [6.45, 7) is 3.76. The van der Waals surface area contributed by atoms with E-state index in [0.717, 1.165) is 32.4 Å². The van der Waals surface area contributed by atoms with E-state index in [-0.39, 0.29) is 11.9 Å². The van der Waals surface area contributed by atoms with Gasteiger partial charge in [0.25, 0.3) is 5.91 Å². The highest BCUT2D eigenvalue weighted by molar-refractivity contribution is 6.30. The number of carbonyl (C=O) groups is 1. The number of benzene rings is 2. The first-order valence-electron chi connectivity index (χ1n) is 9.31. The number of halogens is 1. The predicted octanol–water partition coefficient (Wildman–Crippen LogP) is 5.14. The van der Waals surface area contributed by atoms with Crippen molar-refractivity contribution < 1.29 is 4.79 Å². The van der Waals surface area contributed by atoms with Gasteiger partial charge in [0.1, 0.15) is 0 Å². The van der Waals surface area contributed by atoms with E-state index < -0.39 is 0 Å². The normalized spacial score (nSPS) is 18.8. The van der Waals surface area contributed by atoms with Crippen molar-refractivity contribution in [2.45, 2.75) is 38.8 Å². The zero-order chi connectivity index (χ0) is 17.8. The van der Waals surface area contributed by atoms with Crippen molar-refractivity contribution in [2.75, 3.05) is 6.54 Å². The minimum absolute atomic E-state index is 0.0954. The van der Waals surface area contributed by atoms with E-state index in [1.807, 2.05) is 18.2 Å². The Morgan fingerprint density at radius 2 is 2.04 bits per heavy atom. The van der Waals surface area contributed by atoms with Crippen molar-refractivity contribution in [3.8, 4) is 0 Å². The molecule has 2 heterocycles. The lowest BCUT2D eigenvalue weighted by Crippen LogP contribution is -2.43. The molecule has 1 aliphatic heterocycles. The van der Waals surface area contributed by atoms with E-state index in [0.29, 0.717) is 10.6 Å². The van der Waals surface area contributed by atoms with Crippen molar-refractivity contribution in [3.63, 3.8) is 0 Å². The second kappa shape index (κ2) is 5.88. The molecule has 26 heavy (non-hydrogen) atoms. The molecule has 3 nitrogen and oxygen atoms in total. The number of amides is 1. The number of nitrogens with zero attached hydrogens (tertiary/aromatic N) is 2. The lowest BCUT2D eigenvalue weighted by Gasteiger charge is -2.40. The Hall–Kier alpha value is -2.26. The molecular formula is C22H21ClN2O. The molecule has 1 atom stereocenters. The van der Waals surface area contributed by atoms with Crippen LogP contribution < -0.4 is 0 Å². The zero-order valence-corrected chi connectivity index (χ0v) is 15.6. The van der Waals surface area contributed by atoms with Crippen molar-refractivity contribution >= 4 is 28.4 Å². The summed E-state index contributed by atoms with van der Waals surface area (Å²) in [6, 6.07) is 14.2. The van der Waals surface area contributed by atoms with Gasteiger partial charge in [-0.3, -0.25) is 4.79 Å². The maximum atomic E-state index is 13.2. The fraction of sp³-hybridized carbons (Fsp3) is 0.318. The number of rotatable bonds is 1. The van der Waals surface area contributed by atoms with E-state index in [9.17, 15) is 4.79 Å². The van der Waals surface area contributed by atoms with Crippen LogP contribution in [0.15, 0.2) is 42.5 Å². The van der Waals surface area contributed by atoms with E-state index >= 15 is 0 Å². The lowest BCUT2D eigenvalue weighted by atomic mass is 9.89. The number of carbonyl (C=O) groups excluding carboxylic acids is 1. The molecule has 132 valence electrons. The molecule has 0 unspecified atom stereocenters. The van der Waals surface area contributed by atoms with Crippen LogP contribution in [0.4, 0.5) is 0 Å². The van der Waals surface area contributed by atoms with Crippen LogP contribution in [0.2, 0.25) is 5.02 Å². The van der Waals surface area contributed by atoms with Gasteiger partial charge < -0.3 is 9.47 Å². The summed E-state index contributed by atoms with van der Waals surface area (Å²) >= 11 is 6.11. The summed E-state index contributed by atoms with van der Waals surface area (Å²) in [5, 5.41) is 1.99. The number of hydrogen-bond acceptors (Lipinski definition) is 1. The molecule has 1 aliphatic carbocycles. The molecule has 0 saturated carbocycles. The SMILES string of the molecule is Cc1ccc2c(c1)c1c3n2CCN(C(=O)c2cccc(Cl)c2)[C@@H]3CCC1. The van der Waals surface area contributed by atoms with Gasteiger partial charge >= 0.3 is 0 Å². The third-order valence-electron chi connectivity index (χ3n) is 5.86. The minimum atomic E-state index is 0.0954. The standard InChI is InChI=1S/C22H21ClN2O/c1-14-8-9-19-18(12-14)17-6-3-7-20-21(17)24(19)10-11-25(20)22(26)15-4-2-5-16(23)13-15/h2,4-5,8-9,12-13,20H,3,6-7,10-11H2,1H3/t20-/m1/s1. The largest absolute Gasteiger partial charge is 0.341 e. The van der Waals surface area contributed by atoms with Crippen LogP contribution in [0.25, 0.3) is 10.9 Å². The van der Waals surface area contributed by atoms with E-state index in [1.54, 1.807) is 6.07 Å². The van der Waals surface area contributed by atoms with Crippen molar-refractivity contribution in [1.29, 1.82) is 0 Å². The van der Waals surface area contributed by atoms with Crippen LogP contribution in [-0.2, 0) is 13.0 Å². The van der Waals surface area contributed by atoms with Gasteiger partial charge in [-0.15, -0.1) is 0 Å². The monoisotopic (exact) mass is 364 g/mol. The van der Waals surface area contributed by atoms with Gasteiger partial charge in [-0.2, -0.15) is 0 Å². The van der Waals surface area contributed by atoms with Gasteiger partial charge in [0, 0.05) is 40.3 Å². The van der Waals surface area contributed by atoms with Gasteiger partial charge in [0.15, 0.2) is 0 Å². The van der Waals surface area contributed by atoms with E-state index in [4.69, 9.17) is 11.6 Å². The fourth-order valence-corrected chi connectivity index (χ4v) is 4.94. The van der Waals surface area contributed by atoms with Gasteiger partial charge in [-0.1, -0.05) is 29.3 Å². The van der Waals surface area contributed by atoms with Crippen molar-refractivity contribution in [1.82, 2.24) is 9.47 Å². The Bertz CT molecular complexity index is 1040. The Kier molecular flexibility index (Phi) is 3.61. The molecular weight excluding hydrogens is 344 g/mol. The maximum Gasteiger partial charge on any atom is 0.254 e. The highest BCUT2D eigenvalue weighted by Crippen LogP contribution is 2.43. The predicted molar refractivity (Wildman–Crippen MR) is 105 cm³/mol. The molecule has 1 amide bonds. The van der Waals surface area contributed by atoms with Crippen molar-refractivity contribution in [2.24, 2.45) is 0 Å². The summed E-state index contributed by atoms with van der Waals surface area (Å²) in [6.07, 6.45) is 3.27. The molecule has 3 aromatic rings.